The molecule has 0 fully saturated rings. The van der Waals surface area contributed by atoms with Crippen molar-refractivity contribution in [2.45, 2.75) is 0 Å². The Kier molecular flexibility index (Phi) is 7.82. The van der Waals surface area contributed by atoms with Gasteiger partial charge in [-0.2, -0.15) is 0 Å². The predicted octanol–water partition coefficient (Wildman–Crippen LogP) is 17.8. The number of anilines is 3. The van der Waals surface area contributed by atoms with Gasteiger partial charge in [0.15, 0.2) is 0 Å². The van der Waals surface area contributed by atoms with Gasteiger partial charge in [-0.25, -0.2) is 0 Å². The number of thiophene rings is 1. The second kappa shape index (κ2) is 14.1. The Hall–Kier alpha value is -8.38. The molecule has 0 aliphatic carbocycles. The van der Waals surface area contributed by atoms with Crippen LogP contribution in [0, 0.1) is 0 Å². The lowest BCUT2D eigenvalue weighted by Gasteiger charge is -2.26. The van der Waals surface area contributed by atoms with Gasteiger partial charge >= 0.3 is 0 Å². The first-order valence-corrected chi connectivity index (χ1v) is 22.8. The highest BCUT2D eigenvalue weighted by Gasteiger charge is 2.22. The number of benzene rings is 10. The summed E-state index contributed by atoms with van der Waals surface area (Å²) in [5, 5.41) is 9.36. The van der Waals surface area contributed by atoms with Gasteiger partial charge in [0.05, 0.1) is 22.1 Å². The minimum absolute atomic E-state index is 0.844. The molecule has 0 N–H and O–H groups in total. The third-order valence-corrected chi connectivity index (χ3v) is 14.3. The van der Waals surface area contributed by atoms with Crippen LogP contribution < -0.4 is 4.90 Å². The molecule has 5 heteroatoms. The maximum Gasteiger partial charge on any atom is 0.143 e. The molecule has 0 atom stereocenters. The highest BCUT2D eigenvalue weighted by Crippen LogP contribution is 2.47. The first kappa shape index (κ1) is 36.1. The summed E-state index contributed by atoms with van der Waals surface area (Å²) >= 11 is 1.84. The van der Waals surface area contributed by atoms with Crippen molar-refractivity contribution in [2.24, 2.45) is 0 Å². The van der Waals surface area contributed by atoms with Crippen molar-refractivity contribution in [2.75, 3.05) is 4.90 Å². The summed E-state index contributed by atoms with van der Waals surface area (Å²) in [4.78, 5) is 2.39. The van der Waals surface area contributed by atoms with Crippen LogP contribution in [0.25, 0.3) is 114 Å². The molecule has 0 aliphatic rings. The molecule has 0 radical (unpaired) electrons. The van der Waals surface area contributed by atoms with Gasteiger partial charge in [-0.3, -0.25) is 0 Å². The summed E-state index contributed by atoms with van der Waals surface area (Å²) < 4.78 is 18.1. The quantitative estimate of drug-likeness (QED) is 0.167. The number of fused-ring (bicyclic) bond motifs is 12. The zero-order valence-corrected chi connectivity index (χ0v) is 35.7. The molecule has 4 heterocycles. The van der Waals surface area contributed by atoms with E-state index in [2.05, 4.69) is 216 Å². The second-order valence-electron chi connectivity index (χ2n) is 16.8. The van der Waals surface area contributed by atoms with Gasteiger partial charge < -0.3 is 18.3 Å². The average molecular weight is 849 g/mol. The largest absolute Gasteiger partial charge is 0.456 e. The fourth-order valence-electron chi connectivity index (χ4n) is 10.2. The average Bonchev–Trinajstić information content (AvgIpc) is 4.13. The van der Waals surface area contributed by atoms with Crippen LogP contribution in [-0.2, 0) is 0 Å². The lowest BCUT2D eigenvalue weighted by molar-refractivity contribution is 0.669. The molecule has 0 unspecified atom stereocenters. The normalized spacial score (nSPS) is 12.0. The molecule has 0 spiro atoms. The second-order valence-corrected chi connectivity index (χ2v) is 17.9. The molecule has 14 aromatic rings. The SMILES string of the molecule is c1ccc(-n2c3ccccc3c3cc(-c4ccc5oc6cccc(N(c7ccc(-c8cccc9c8oc8ccccc89)cc7)c7ccc8sc9ccccc9c8c7)c6c5c4)ccc32)cc1. The van der Waals surface area contributed by atoms with Gasteiger partial charge in [0.1, 0.15) is 22.3 Å². The Bertz CT molecular complexity index is 4190. The van der Waals surface area contributed by atoms with Crippen molar-refractivity contribution < 1.29 is 8.83 Å². The van der Waals surface area contributed by atoms with Gasteiger partial charge in [0.25, 0.3) is 0 Å². The van der Waals surface area contributed by atoms with Crippen molar-refractivity contribution >= 4 is 114 Å². The van der Waals surface area contributed by atoms with E-state index < -0.39 is 0 Å². The van der Waals surface area contributed by atoms with Crippen LogP contribution in [0.3, 0.4) is 0 Å². The summed E-state index contributed by atoms with van der Waals surface area (Å²) in [6, 6.07) is 78.5. The Morgan fingerprint density at radius 1 is 0.369 bits per heavy atom. The molecule has 0 saturated carbocycles. The third-order valence-electron chi connectivity index (χ3n) is 13.2. The molecular formula is C60H36N2O2S. The van der Waals surface area contributed by atoms with Crippen LogP contribution in [-0.4, -0.2) is 4.57 Å². The molecule has 14 rings (SSSR count). The molecule has 65 heavy (non-hydrogen) atoms. The van der Waals surface area contributed by atoms with Gasteiger partial charge in [-0.1, -0.05) is 121 Å². The van der Waals surface area contributed by atoms with Crippen molar-refractivity contribution in [1.29, 1.82) is 0 Å². The lowest BCUT2D eigenvalue weighted by atomic mass is 9.99. The van der Waals surface area contributed by atoms with E-state index in [1.165, 1.54) is 42.0 Å². The zero-order chi connectivity index (χ0) is 42.6. The molecule has 0 bridgehead atoms. The van der Waals surface area contributed by atoms with E-state index in [0.717, 1.165) is 88.9 Å². The van der Waals surface area contributed by atoms with E-state index in [1.807, 2.05) is 23.5 Å². The van der Waals surface area contributed by atoms with Crippen molar-refractivity contribution in [3.63, 3.8) is 0 Å². The third kappa shape index (κ3) is 5.56. The maximum atomic E-state index is 6.71. The van der Waals surface area contributed by atoms with Crippen LogP contribution in [0.5, 0.6) is 0 Å². The number of hydrogen-bond donors (Lipinski definition) is 0. The molecule has 0 saturated heterocycles. The van der Waals surface area contributed by atoms with Crippen molar-refractivity contribution in [3.8, 4) is 27.9 Å². The highest BCUT2D eigenvalue weighted by atomic mass is 32.1. The van der Waals surface area contributed by atoms with Crippen LogP contribution in [0.2, 0.25) is 0 Å². The monoisotopic (exact) mass is 848 g/mol. The standard InChI is InChI=1S/C60H36N2O2S/c1-2-12-40(13-3-1)62-51-19-7-4-14-44(51)48-34-38(26-31-52(48)62)39-27-32-55-50(35-39)59-53(20-11-22-56(59)63-55)61(42-30-33-58-49(36-42)46-16-6-9-23-57(46)65-58)41-28-24-37(25-29-41)43-17-10-18-47-45-15-5-8-21-54(45)64-60(43)47/h1-36H. The molecular weight excluding hydrogens is 813 g/mol. The number of nitrogens with zero attached hydrogens (tertiary/aromatic N) is 2. The number of aromatic nitrogens is 1. The Morgan fingerprint density at radius 3 is 1.91 bits per heavy atom. The van der Waals surface area contributed by atoms with Crippen molar-refractivity contribution in [1.82, 2.24) is 4.57 Å². The topological polar surface area (TPSA) is 34.5 Å². The van der Waals surface area contributed by atoms with E-state index in [9.17, 15) is 0 Å². The predicted molar refractivity (Wildman–Crippen MR) is 274 cm³/mol. The number of para-hydroxylation sites is 4. The van der Waals surface area contributed by atoms with Crippen LogP contribution in [0.1, 0.15) is 0 Å². The van der Waals surface area contributed by atoms with E-state index >= 15 is 0 Å². The number of rotatable bonds is 6. The number of hydrogen-bond acceptors (Lipinski definition) is 4. The number of furan rings is 2. The molecule has 4 nitrogen and oxygen atoms in total. The molecule has 304 valence electrons. The first-order valence-electron chi connectivity index (χ1n) is 22.0. The fraction of sp³-hybridized carbons (Fsp3) is 0. The first-order chi connectivity index (χ1) is 32.2. The summed E-state index contributed by atoms with van der Waals surface area (Å²) in [6.07, 6.45) is 0. The maximum absolute atomic E-state index is 6.71. The summed E-state index contributed by atoms with van der Waals surface area (Å²) in [5.41, 5.74) is 14.7. The summed E-state index contributed by atoms with van der Waals surface area (Å²) in [5.74, 6) is 0. The fourth-order valence-corrected chi connectivity index (χ4v) is 11.3. The van der Waals surface area contributed by atoms with Gasteiger partial charge in [0, 0.05) is 69.7 Å². The van der Waals surface area contributed by atoms with Crippen LogP contribution in [0.15, 0.2) is 227 Å². The van der Waals surface area contributed by atoms with E-state index in [4.69, 9.17) is 8.83 Å². The smallest absolute Gasteiger partial charge is 0.143 e. The summed E-state index contributed by atoms with van der Waals surface area (Å²) in [6.45, 7) is 0. The van der Waals surface area contributed by atoms with E-state index in [-0.39, 0.29) is 0 Å². The minimum atomic E-state index is 0.844. The molecule has 0 amide bonds. The Morgan fingerprint density at radius 2 is 1.02 bits per heavy atom. The van der Waals surface area contributed by atoms with E-state index in [0.29, 0.717) is 0 Å². The molecule has 10 aromatic carbocycles. The Labute approximate surface area is 377 Å². The minimum Gasteiger partial charge on any atom is -0.456 e. The van der Waals surface area contributed by atoms with Crippen molar-refractivity contribution in [3.05, 3.63) is 218 Å². The zero-order valence-electron chi connectivity index (χ0n) is 34.9. The van der Waals surface area contributed by atoms with Crippen LogP contribution >= 0.6 is 11.3 Å². The van der Waals surface area contributed by atoms with Gasteiger partial charge in [-0.05, 0) is 114 Å². The van der Waals surface area contributed by atoms with Crippen LogP contribution in [0.4, 0.5) is 17.1 Å². The van der Waals surface area contributed by atoms with E-state index in [1.54, 1.807) is 0 Å². The summed E-state index contributed by atoms with van der Waals surface area (Å²) in [7, 11) is 0. The van der Waals surface area contributed by atoms with Gasteiger partial charge in [0.2, 0.25) is 0 Å². The Balaban J connectivity index is 0.950. The molecule has 4 aromatic heterocycles. The highest BCUT2D eigenvalue weighted by molar-refractivity contribution is 7.25. The lowest BCUT2D eigenvalue weighted by Crippen LogP contribution is -2.10. The molecule has 0 aliphatic heterocycles. The van der Waals surface area contributed by atoms with Gasteiger partial charge in [-0.15, -0.1) is 11.3 Å².